The first-order valence-electron chi connectivity index (χ1n) is 3.55. The number of rotatable bonds is 0. The maximum absolute atomic E-state index is 5.74. The van der Waals surface area contributed by atoms with Gasteiger partial charge in [0.05, 0.1) is 0 Å². The van der Waals surface area contributed by atoms with E-state index in [2.05, 4.69) is 6.58 Å². The Bertz CT molecular complexity index is 348. The van der Waals surface area contributed by atoms with E-state index in [0.717, 1.165) is 22.4 Å². The predicted molar refractivity (Wildman–Crippen MR) is 47.6 cm³/mol. The summed E-state index contributed by atoms with van der Waals surface area (Å²) in [5, 5.41) is 0. The number of benzene rings is 1. The first kappa shape index (κ1) is 6.23. The van der Waals surface area contributed by atoms with Gasteiger partial charge in [-0.05, 0) is 17.2 Å². The highest BCUT2D eigenvalue weighted by Crippen LogP contribution is 2.30. The molecular formula is C10H9N. The molecule has 1 aromatic rings. The van der Waals surface area contributed by atoms with E-state index >= 15 is 0 Å². The monoisotopic (exact) mass is 143 g/mol. The van der Waals surface area contributed by atoms with E-state index in [1.54, 1.807) is 0 Å². The minimum absolute atomic E-state index is 0.825. The van der Waals surface area contributed by atoms with Crippen LogP contribution in [0.3, 0.4) is 0 Å². The Morgan fingerprint density at radius 1 is 1.09 bits per heavy atom. The molecule has 0 saturated carbocycles. The molecule has 54 valence electrons. The van der Waals surface area contributed by atoms with Gasteiger partial charge in [-0.25, -0.2) is 0 Å². The highest BCUT2D eigenvalue weighted by atomic mass is 14.6. The van der Waals surface area contributed by atoms with Gasteiger partial charge in [0.25, 0.3) is 0 Å². The van der Waals surface area contributed by atoms with E-state index in [-0.39, 0.29) is 0 Å². The molecule has 1 heteroatoms. The van der Waals surface area contributed by atoms with Gasteiger partial charge < -0.3 is 5.73 Å². The lowest BCUT2D eigenvalue weighted by Gasteiger charge is -1.98. The molecule has 0 spiro atoms. The molecule has 1 nitrogen and oxygen atoms in total. The van der Waals surface area contributed by atoms with Crippen LogP contribution in [0.5, 0.6) is 0 Å². The fourth-order valence-electron chi connectivity index (χ4n) is 1.36. The molecule has 0 fully saturated rings. The topological polar surface area (TPSA) is 26.0 Å². The normalized spacial score (nSPS) is 14.5. The molecule has 0 radical (unpaired) electrons. The van der Waals surface area contributed by atoms with Gasteiger partial charge in [0.1, 0.15) is 0 Å². The molecule has 11 heavy (non-hydrogen) atoms. The molecule has 1 aromatic carbocycles. The molecule has 0 aromatic heterocycles. The zero-order valence-electron chi connectivity index (χ0n) is 6.17. The second kappa shape index (κ2) is 1.99. The molecular weight excluding hydrogens is 134 g/mol. The zero-order valence-corrected chi connectivity index (χ0v) is 6.17. The fourth-order valence-corrected chi connectivity index (χ4v) is 1.36. The van der Waals surface area contributed by atoms with Crippen LogP contribution in [0, 0.1) is 0 Å². The number of hydrogen-bond donors (Lipinski definition) is 1. The number of hydrogen-bond acceptors (Lipinski definition) is 1. The average Bonchev–Trinajstić information content (AvgIpc) is 2.30. The molecule has 2 N–H and O–H groups in total. The lowest BCUT2D eigenvalue weighted by atomic mass is 10.1. The zero-order chi connectivity index (χ0) is 7.84. The molecule has 1 aliphatic carbocycles. The predicted octanol–water partition coefficient (Wildman–Crippen LogP) is 2.01. The Morgan fingerprint density at radius 3 is 2.36 bits per heavy atom. The van der Waals surface area contributed by atoms with Crippen molar-refractivity contribution in [2.75, 3.05) is 0 Å². The van der Waals surface area contributed by atoms with Gasteiger partial charge in [-0.1, -0.05) is 30.8 Å². The SMILES string of the molecule is C=C1C=C(N)c2ccccc21. The van der Waals surface area contributed by atoms with Gasteiger partial charge in [0.2, 0.25) is 0 Å². The van der Waals surface area contributed by atoms with Gasteiger partial charge in [0, 0.05) is 11.3 Å². The lowest BCUT2D eigenvalue weighted by Crippen LogP contribution is -1.92. The summed E-state index contributed by atoms with van der Waals surface area (Å²) in [6, 6.07) is 8.03. The summed E-state index contributed by atoms with van der Waals surface area (Å²) in [6.07, 6.45) is 1.91. The van der Waals surface area contributed by atoms with E-state index in [0.29, 0.717) is 0 Å². The summed E-state index contributed by atoms with van der Waals surface area (Å²) in [7, 11) is 0. The Labute approximate surface area is 65.8 Å². The van der Waals surface area contributed by atoms with E-state index in [1.807, 2.05) is 30.3 Å². The van der Waals surface area contributed by atoms with Crippen molar-refractivity contribution in [1.29, 1.82) is 0 Å². The van der Waals surface area contributed by atoms with Crippen LogP contribution < -0.4 is 5.73 Å². The Hall–Kier alpha value is -1.50. The third-order valence-electron chi connectivity index (χ3n) is 1.91. The Kier molecular flexibility index (Phi) is 1.13. The molecule has 0 heterocycles. The van der Waals surface area contributed by atoms with E-state index in [1.165, 1.54) is 0 Å². The van der Waals surface area contributed by atoms with Crippen LogP contribution in [-0.4, -0.2) is 0 Å². The van der Waals surface area contributed by atoms with Crippen LogP contribution in [-0.2, 0) is 0 Å². The molecule has 2 rings (SSSR count). The van der Waals surface area contributed by atoms with Crippen LogP contribution in [0.15, 0.2) is 36.9 Å². The Morgan fingerprint density at radius 2 is 1.73 bits per heavy atom. The summed E-state index contributed by atoms with van der Waals surface area (Å²) in [5.41, 5.74) is 9.84. The third kappa shape index (κ3) is 0.777. The molecule has 0 bridgehead atoms. The van der Waals surface area contributed by atoms with E-state index < -0.39 is 0 Å². The first-order valence-corrected chi connectivity index (χ1v) is 3.55. The third-order valence-corrected chi connectivity index (χ3v) is 1.91. The summed E-state index contributed by atoms with van der Waals surface area (Å²) < 4.78 is 0. The average molecular weight is 143 g/mol. The maximum atomic E-state index is 5.74. The van der Waals surface area contributed by atoms with Crippen LogP contribution in [0.4, 0.5) is 0 Å². The fraction of sp³-hybridized carbons (Fsp3) is 0. The van der Waals surface area contributed by atoms with Crippen molar-refractivity contribution < 1.29 is 0 Å². The minimum atomic E-state index is 0.825. The van der Waals surface area contributed by atoms with Gasteiger partial charge in [-0.3, -0.25) is 0 Å². The summed E-state index contributed by atoms with van der Waals surface area (Å²) in [4.78, 5) is 0. The van der Waals surface area contributed by atoms with Crippen LogP contribution in [0.25, 0.3) is 11.3 Å². The number of fused-ring (bicyclic) bond motifs is 1. The molecule has 0 aliphatic heterocycles. The van der Waals surface area contributed by atoms with Crippen molar-refractivity contribution in [3.05, 3.63) is 48.0 Å². The molecule has 0 amide bonds. The second-order valence-corrected chi connectivity index (χ2v) is 2.67. The molecule has 0 atom stereocenters. The van der Waals surface area contributed by atoms with Crippen molar-refractivity contribution >= 4 is 11.3 Å². The summed E-state index contributed by atoms with van der Waals surface area (Å²) in [6.45, 7) is 3.89. The molecule has 0 unspecified atom stereocenters. The molecule has 0 saturated heterocycles. The van der Waals surface area contributed by atoms with Crippen molar-refractivity contribution in [2.24, 2.45) is 5.73 Å². The van der Waals surface area contributed by atoms with Crippen molar-refractivity contribution in [1.82, 2.24) is 0 Å². The lowest BCUT2D eigenvalue weighted by molar-refractivity contribution is 1.53. The summed E-state index contributed by atoms with van der Waals surface area (Å²) >= 11 is 0. The first-order chi connectivity index (χ1) is 5.29. The number of nitrogens with two attached hydrogens (primary N) is 1. The highest BCUT2D eigenvalue weighted by Gasteiger charge is 2.12. The smallest absolute Gasteiger partial charge is 0.0399 e. The van der Waals surface area contributed by atoms with Crippen LogP contribution in [0.1, 0.15) is 11.1 Å². The quantitative estimate of drug-likeness (QED) is 0.590. The minimum Gasteiger partial charge on any atom is -0.398 e. The second-order valence-electron chi connectivity index (χ2n) is 2.67. The van der Waals surface area contributed by atoms with Crippen LogP contribution in [0.2, 0.25) is 0 Å². The molecule has 1 aliphatic rings. The van der Waals surface area contributed by atoms with Crippen LogP contribution >= 0.6 is 0 Å². The number of allylic oxidation sites excluding steroid dienone is 2. The van der Waals surface area contributed by atoms with Crippen molar-refractivity contribution in [3.63, 3.8) is 0 Å². The van der Waals surface area contributed by atoms with E-state index in [9.17, 15) is 0 Å². The summed E-state index contributed by atoms with van der Waals surface area (Å²) in [5.74, 6) is 0. The maximum Gasteiger partial charge on any atom is 0.0399 e. The van der Waals surface area contributed by atoms with Crippen molar-refractivity contribution in [3.8, 4) is 0 Å². The Balaban J connectivity index is 2.71. The van der Waals surface area contributed by atoms with Gasteiger partial charge in [-0.15, -0.1) is 0 Å². The van der Waals surface area contributed by atoms with E-state index in [4.69, 9.17) is 5.73 Å². The van der Waals surface area contributed by atoms with Gasteiger partial charge >= 0.3 is 0 Å². The highest BCUT2D eigenvalue weighted by molar-refractivity contribution is 5.93. The van der Waals surface area contributed by atoms with Gasteiger partial charge in [0.15, 0.2) is 0 Å². The largest absolute Gasteiger partial charge is 0.398 e. The van der Waals surface area contributed by atoms with Gasteiger partial charge in [-0.2, -0.15) is 0 Å². The standard InChI is InChI=1S/C10H9N/c1-7-6-10(11)9-5-3-2-4-8(7)9/h2-6H,1,11H2. The van der Waals surface area contributed by atoms with Crippen molar-refractivity contribution in [2.45, 2.75) is 0 Å².